The Morgan fingerprint density at radius 2 is 1.95 bits per heavy atom. The van der Waals surface area contributed by atoms with Crippen molar-refractivity contribution in [3.05, 3.63) is 0 Å². The summed E-state index contributed by atoms with van der Waals surface area (Å²) < 4.78 is 0. The lowest BCUT2D eigenvalue weighted by Gasteiger charge is -2.32. The molecule has 0 spiro atoms. The second-order valence-electron chi connectivity index (χ2n) is 5.94. The third-order valence-electron chi connectivity index (χ3n) is 4.55. The molecule has 4 N–H and O–H groups in total. The number of carbonyl (C=O) groups is 3. The van der Waals surface area contributed by atoms with Gasteiger partial charge in [-0.05, 0) is 31.6 Å². The van der Waals surface area contributed by atoms with E-state index in [0.29, 0.717) is 12.5 Å². The Morgan fingerprint density at radius 3 is 2.62 bits per heavy atom. The number of carboxylic acid groups (broad SMARTS) is 1. The standard InChI is InChI=1S/C14H23N3O4/c15-12(18)6-5-10(13(19)20)16-14(21)17-8-7-9-3-1-2-4-11(9)17/h9-11H,1-8H2,(H2,15,18)(H,16,21)(H,19,20). The van der Waals surface area contributed by atoms with Crippen LogP contribution in [0.2, 0.25) is 0 Å². The molecule has 1 aliphatic carbocycles. The maximum absolute atomic E-state index is 12.3. The zero-order valence-electron chi connectivity index (χ0n) is 12.1. The second kappa shape index (κ2) is 6.78. The summed E-state index contributed by atoms with van der Waals surface area (Å²) in [6.45, 7) is 0.684. The smallest absolute Gasteiger partial charge is 0.326 e. The average Bonchev–Trinajstić information content (AvgIpc) is 2.86. The van der Waals surface area contributed by atoms with Gasteiger partial charge in [-0.1, -0.05) is 12.8 Å². The Kier molecular flexibility index (Phi) is 5.03. The first kappa shape index (κ1) is 15.6. The average molecular weight is 297 g/mol. The number of aliphatic carboxylic acids is 1. The van der Waals surface area contributed by atoms with Gasteiger partial charge in [-0.25, -0.2) is 9.59 Å². The van der Waals surface area contributed by atoms with E-state index in [9.17, 15) is 14.4 Å². The van der Waals surface area contributed by atoms with Crippen LogP contribution in [0.15, 0.2) is 0 Å². The molecule has 1 saturated carbocycles. The number of hydrogen-bond donors (Lipinski definition) is 3. The molecule has 0 bridgehead atoms. The quantitative estimate of drug-likeness (QED) is 0.692. The molecule has 1 saturated heterocycles. The van der Waals surface area contributed by atoms with Gasteiger partial charge in [0.1, 0.15) is 6.04 Å². The highest BCUT2D eigenvalue weighted by molar-refractivity contribution is 5.83. The molecule has 7 nitrogen and oxygen atoms in total. The normalized spacial score (nSPS) is 26.0. The molecule has 3 atom stereocenters. The first-order valence-corrected chi connectivity index (χ1v) is 7.57. The summed E-state index contributed by atoms with van der Waals surface area (Å²) in [5.41, 5.74) is 5.03. The van der Waals surface area contributed by atoms with Crippen molar-refractivity contribution in [2.45, 2.75) is 57.0 Å². The van der Waals surface area contributed by atoms with Crippen LogP contribution in [-0.4, -0.2) is 46.5 Å². The number of nitrogens with two attached hydrogens (primary N) is 1. The van der Waals surface area contributed by atoms with Gasteiger partial charge in [0, 0.05) is 19.0 Å². The largest absolute Gasteiger partial charge is 0.480 e. The molecule has 3 unspecified atom stereocenters. The summed E-state index contributed by atoms with van der Waals surface area (Å²) in [5.74, 6) is -1.15. The number of hydrogen-bond acceptors (Lipinski definition) is 3. The maximum Gasteiger partial charge on any atom is 0.326 e. The molecule has 0 aromatic carbocycles. The van der Waals surface area contributed by atoms with Crippen molar-refractivity contribution < 1.29 is 19.5 Å². The number of rotatable bonds is 5. The van der Waals surface area contributed by atoms with Crippen molar-refractivity contribution in [1.82, 2.24) is 10.2 Å². The molecule has 21 heavy (non-hydrogen) atoms. The van der Waals surface area contributed by atoms with Crippen LogP contribution in [0.1, 0.15) is 44.9 Å². The lowest BCUT2D eigenvalue weighted by atomic mass is 9.85. The molecule has 0 radical (unpaired) electrons. The van der Waals surface area contributed by atoms with E-state index in [1.54, 1.807) is 4.90 Å². The number of nitrogens with zero attached hydrogens (tertiary/aromatic N) is 1. The molecule has 7 heteroatoms. The van der Waals surface area contributed by atoms with E-state index in [2.05, 4.69) is 5.32 Å². The zero-order chi connectivity index (χ0) is 15.4. The van der Waals surface area contributed by atoms with E-state index in [4.69, 9.17) is 10.8 Å². The van der Waals surface area contributed by atoms with Crippen molar-refractivity contribution >= 4 is 17.9 Å². The molecule has 0 aromatic rings. The van der Waals surface area contributed by atoms with Crippen LogP contribution < -0.4 is 11.1 Å². The van der Waals surface area contributed by atoms with Crippen LogP contribution in [-0.2, 0) is 9.59 Å². The first-order chi connectivity index (χ1) is 9.99. The number of carboxylic acids is 1. The topological polar surface area (TPSA) is 113 Å². The van der Waals surface area contributed by atoms with E-state index in [0.717, 1.165) is 25.7 Å². The van der Waals surface area contributed by atoms with Crippen LogP contribution in [0.5, 0.6) is 0 Å². The van der Waals surface area contributed by atoms with Crippen LogP contribution in [0.3, 0.4) is 0 Å². The number of likely N-dealkylation sites (tertiary alicyclic amines) is 1. The number of carbonyl (C=O) groups excluding carboxylic acids is 2. The van der Waals surface area contributed by atoms with Gasteiger partial charge in [0.2, 0.25) is 5.91 Å². The van der Waals surface area contributed by atoms with Crippen molar-refractivity contribution in [1.29, 1.82) is 0 Å². The Labute approximate surface area is 123 Å². The number of fused-ring (bicyclic) bond motifs is 1. The van der Waals surface area contributed by atoms with Crippen LogP contribution in [0.25, 0.3) is 0 Å². The van der Waals surface area contributed by atoms with Gasteiger partial charge >= 0.3 is 12.0 Å². The third-order valence-corrected chi connectivity index (χ3v) is 4.55. The number of nitrogens with one attached hydrogen (secondary N) is 1. The summed E-state index contributed by atoms with van der Waals surface area (Å²) >= 11 is 0. The minimum Gasteiger partial charge on any atom is -0.480 e. The first-order valence-electron chi connectivity index (χ1n) is 7.57. The summed E-state index contributed by atoms with van der Waals surface area (Å²) in [4.78, 5) is 36.0. The van der Waals surface area contributed by atoms with Gasteiger partial charge in [0.15, 0.2) is 0 Å². The van der Waals surface area contributed by atoms with E-state index in [-0.39, 0.29) is 24.9 Å². The van der Waals surface area contributed by atoms with Crippen molar-refractivity contribution in [2.75, 3.05) is 6.54 Å². The molecule has 1 heterocycles. The van der Waals surface area contributed by atoms with E-state index in [1.807, 2.05) is 0 Å². The molecular weight excluding hydrogens is 274 g/mol. The fraction of sp³-hybridized carbons (Fsp3) is 0.786. The summed E-state index contributed by atoms with van der Waals surface area (Å²) in [6, 6.07) is -1.15. The lowest BCUT2D eigenvalue weighted by Crippen LogP contribution is -2.50. The van der Waals surface area contributed by atoms with E-state index in [1.165, 1.54) is 6.42 Å². The molecule has 118 valence electrons. The van der Waals surface area contributed by atoms with Crippen LogP contribution in [0, 0.1) is 5.92 Å². The lowest BCUT2D eigenvalue weighted by molar-refractivity contribution is -0.139. The van der Waals surface area contributed by atoms with Gasteiger partial charge in [-0.15, -0.1) is 0 Å². The highest BCUT2D eigenvalue weighted by Gasteiger charge is 2.39. The fourth-order valence-electron chi connectivity index (χ4n) is 3.43. The van der Waals surface area contributed by atoms with Gasteiger partial charge < -0.3 is 21.1 Å². The molecular formula is C14H23N3O4. The van der Waals surface area contributed by atoms with Gasteiger partial charge in [0.25, 0.3) is 0 Å². The van der Waals surface area contributed by atoms with Crippen molar-refractivity contribution in [3.63, 3.8) is 0 Å². The van der Waals surface area contributed by atoms with Crippen LogP contribution >= 0.6 is 0 Å². The minimum absolute atomic E-state index is 0.0261. The molecule has 2 fully saturated rings. The molecule has 0 aromatic heterocycles. The van der Waals surface area contributed by atoms with Gasteiger partial charge in [-0.3, -0.25) is 4.79 Å². The predicted molar refractivity (Wildman–Crippen MR) is 75.5 cm³/mol. The molecule has 2 rings (SSSR count). The molecule has 2 aliphatic rings. The Bertz CT molecular complexity index is 426. The summed E-state index contributed by atoms with van der Waals surface area (Å²) in [6.07, 6.45) is 5.45. The highest BCUT2D eigenvalue weighted by atomic mass is 16.4. The maximum atomic E-state index is 12.3. The number of primary amides is 1. The summed E-state index contributed by atoms with van der Waals surface area (Å²) in [7, 11) is 0. The minimum atomic E-state index is -1.14. The Hall–Kier alpha value is -1.79. The Balaban J connectivity index is 1.92. The van der Waals surface area contributed by atoms with Crippen LogP contribution in [0.4, 0.5) is 4.79 Å². The second-order valence-corrected chi connectivity index (χ2v) is 5.94. The predicted octanol–water partition coefficient (Wildman–Crippen LogP) is 0.679. The van der Waals surface area contributed by atoms with Crippen molar-refractivity contribution in [2.24, 2.45) is 11.7 Å². The highest BCUT2D eigenvalue weighted by Crippen LogP contribution is 2.36. The SMILES string of the molecule is NC(=O)CCC(NC(=O)N1CCC2CCCCC21)C(=O)O. The number of amides is 3. The fourth-order valence-corrected chi connectivity index (χ4v) is 3.43. The van der Waals surface area contributed by atoms with E-state index >= 15 is 0 Å². The molecule has 3 amide bonds. The third kappa shape index (κ3) is 3.86. The van der Waals surface area contributed by atoms with Gasteiger partial charge in [-0.2, -0.15) is 0 Å². The monoisotopic (exact) mass is 297 g/mol. The Morgan fingerprint density at radius 1 is 1.24 bits per heavy atom. The number of urea groups is 1. The molecule has 1 aliphatic heterocycles. The van der Waals surface area contributed by atoms with Gasteiger partial charge in [0.05, 0.1) is 0 Å². The van der Waals surface area contributed by atoms with Crippen molar-refractivity contribution in [3.8, 4) is 0 Å². The summed E-state index contributed by atoms with van der Waals surface area (Å²) in [5, 5.41) is 11.7. The zero-order valence-corrected chi connectivity index (χ0v) is 12.1. The van der Waals surface area contributed by atoms with E-state index < -0.39 is 17.9 Å².